The summed E-state index contributed by atoms with van der Waals surface area (Å²) >= 11 is 1.35. The largest absolute Gasteiger partial charge is 0.465 e. The van der Waals surface area contributed by atoms with Crippen LogP contribution >= 0.6 is 11.8 Å². The minimum atomic E-state index is -0.576. The van der Waals surface area contributed by atoms with Crippen LogP contribution in [0.1, 0.15) is 15.9 Å². The van der Waals surface area contributed by atoms with Crippen molar-refractivity contribution < 1.29 is 13.9 Å². The Balaban J connectivity index is 1.83. The average Bonchev–Trinajstić information content (AvgIpc) is 3.09. The number of hydrogen-bond acceptors (Lipinski definition) is 6. The fourth-order valence-corrected chi connectivity index (χ4v) is 3.01. The number of tetrazole rings is 1. The van der Waals surface area contributed by atoms with Gasteiger partial charge in [0.2, 0.25) is 5.16 Å². The molecule has 0 aliphatic carbocycles. The lowest BCUT2D eigenvalue weighted by Crippen LogP contribution is -2.06. The number of carbonyl (C=O) groups excluding carboxylic acids is 1. The first-order valence-corrected chi connectivity index (χ1v) is 8.01. The van der Waals surface area contributed by atoms with Crippen molar-refractivity contribution in [2.75, 3.05) is 7.11 Å². The number of methoxy groups -OCH3 is 1. The fraction of sp³-hybridized carbons (Fsp3) is 0.125. The van der Waals surface area contributed by atoms with Gasteiger partial charge < -0.3 is 4.74 Å². The molecule has 0 saturated carbocycles. The van der Waals surface area contributed by atoms with E-state index < -0.39 is 11.8 Å². The van der Waals surface area contributed by atoms with Crippen molar-refractivity contribution in [2.24, 2.45) is 0 Å². The minimum absolute atomic E-state index is 0.198. The number of rotatable bonds is 5. The molecule has 0 fully saturated rings. The van der Waals surface area contributed by atoms with Crippen LogP contribution in [0.2, 0.25) is 0 Å². The summed E-state index contributed by atoms with van der Waals surface area (Å²) in [4.78, 5) is 11.8. The molecule has 0 bridgehead atoms. The van der Waals surface area contributed by atoms with Crippen molar-refractivity contribution in [1.29, 1.82) is 0 Å². The van der Waals surface area contributed by atoms with E-state index in [1.807, 2.05) is 30.3 Å². The SMILES string of the molecule is COC(=O)c1cc(F)ccc1CSc1nnnn1-c1ccccc1. The van der Waals surface area contributed by atoms with Crippen molar-refractivity contribution in [3.8, 4) is 5.69 Å². The van der Waals surface area contributed by atoms with Gasteiger partial charge in [0, 0.05) is 5.75 Å². The van der Waals surface area contributed by atoms with E-state index in [9.17, 15) is 9.18 Å². The number of benzene rings is 2. The van der Waals surface area contributed by atoms with Crippen LogP contribution in [-0.4, -0.2) is 33.3 Å². The van der Waals surface area contributed by atoms with Crippen molar-refractivity contribution in [3.05, 3.63) is 65.5 Å². The quantitative estimate of drug-likeness (QED) is 0.524. The Morgan fingerprint density at radius 3 is 2.79 bits per heavy atom. The molecule has 122 valence electrons. The molecule has 0 atom stereocenters. The molecule has 24 heavy (non-hydrogen) atoms. The van der Waals surface area contributed by atoms with Crippen LogP contribution in [0.25, 0.3) is 5.69 Å². The van der Waals surface area contributed by atoms with Crippen LogP contribution in [0.3, 0.4) is 0 Å². The summed E-state index contributed by atoms with van der Waals surface area (Å²) < 4.78 is 19.7. The van der Waals surface area contributed by atoms with Gasteiger partial charge in [-0.05, 0) is 40.3 Å². The molecule has 0 aliphatic rings. The summed E-state index contributed by atoms with van der Waals surface area (Å²) in [6.07, 6.45) is 0. The zero-order valence-electron chi connectivity index (χ0n) is 12.7. The molecule has 1 aromatic heterocycles. The van der Waals surface area contributed by atoms with Crippen molar-refractivity contribution in [1.82, 2.24) is 20.2 Å². The second-order valence-corrected chi connectivity index (χ2v) is 5.73. The van der Waals surface area contributed by atoms with Crippen LogP contribution in [-0.2, 0) is 10.5 Å². The second kappa shape index (κ2) is 7.22. The lowest BCUT2D eigenvalue weighted by molar-refractivity contribution is 0.0599. The van der Waals surface area contributed by atoms with E-state index in [1.165, 1.54) is 31.0 Å². The maximum absolute atomic E-state index is 13.4. The zero-order valence-corrected chi connectivity index (χ0v) is 13.5. The number of nitrogens with zero attached hydrogens (tertiary/aromatic N) is 4. The summed E-state index contributed by atoms with van der Waals surface area (Å²) in [6.45, 7) is 0. The highest BCUT2D eigenvalue weighted by atomic mass is 32.2. The first-order valence-electron chi connectivity index (χ1n) is 7.02. The smallest absolute Gasteiger partial charge is 0.338 e. The van der Waals surface area contributed by atoms with E-state index in [0.29, 0.717) is 16.5 Å². The van der Waals surface area contributed by atoms with Crippen LogP contribution in [0, 0.1) is 5.82 Å². The third-order valence-electron chi connectivity index (χ3n) is 3.28. The molecule has 0 amide bonds. The number of ether oxygens (including phenoxy) is 1. The van der Waals surface area contributed by atoms with Crippen LogP contribution in [0.4, 0.5) is 4.39 Å². The van der Waals surface area contributed by atoms with Gasteiger partial charge in [-0.25, -0.2) is 9.18 Å². The minimum Gasteiger partial charge on any atom is -0.465 e. The molecular weight excluding hydrogens is 331 g/mol. The Morgan fingerprint density at radius 1 is 1.25 bits per heavy atom. The second-order valence-electron chi connectivity index (χ2n) is 4.79. The van der Waals surface area contributed by atoms with Crippen molar-refractivity contribution in [2.45, 2.75) is 10.9 Å². The number of aromatic nitrogens is 4. The predicted octanol–water partition coefficient (Wildman–Crippen LogP) is 2.88. The number of carbonyl (C=O) groups is 1. The summed E-state index contributed by atoms with van der Waals surface area (Å²) in [5, 5.41) is 12.2. The Bertz CT molecular complexity index is 854. The van der Waals surface area contributed by atoms with E-state index in [0.717, 1.165) is 5.69 Å². The van der Waals surface area contributed by atoms with Gasteiger partial charge in [0.15, 0.2) is 0 Å². The van der Waals surface area contributed by atoms with Crippen LogP contribution in [0.15, 0.2) is 53.7 Å². The van der Waals surface area contributed by atoms with Gasteiger partial charge in [-0.15, -0.1) is 5.10 Å². The summed E-state index contributed by atoms with van der Waals surface area (Å²) in [6, 6.07) is 13.5. The molecule has 1 heterocycles. The highest BCUT2D eigenvalue weighted by Crippen LogP contribution is 2.25. The molecule has 0 N–H and O–H groups in total. The van der Waals surface area contributed by atoms with Gasteiger partial charge in [0.05, 0.1) is 18.4 Å². The summed E-state index contributed by atoms with van der Waals surface area (Å²) in [5.41, 5.74) is 1.68. The van der Waals surface area contributed by atoms with E-state index in [4.69, 9.17) is 4.74 Å². The molecule has 0 radical (unpaired) electrons. The standard InChI is InChI=1S/C16H13FN4O2S/c1-23-15(22)14-9-12(17)8-7-11(14)10-24-16-18-19-20-21(16)13-5-3-2-4-6-13/h2-9H,10H2,1H3. The van der Waals surface area contributed by atoms with Crippen LogP contribution < -0.4 is 0 Å². The predicted molar refractivity (Wildman–Crippen MR) is 86.5 cm³/mol. The van der Waals surface area contributed by atoms with E-state index >= 15 is 0 Å². The maximum Gasteiger partial charge on any atom is 0.338 e. The highest BCUT2D eigenvalue weighted by molar-refractivity contribution is 7.98. The van der Waals surface area contributed by atoms with E-state index in [1.54, 1.807) is 10.7 Å². The van der Waals surface area contributed by atoms with E-state index in [-0.39, 0.29) is 5.56 Å². The molecule has 0 unspecified atom stereocenters. The van der Waals surface area contributed by atoms with Crippen molar-refractivity contribution >= 4 is 17.7 Å². The van der Waals surface area contributed by atoms with Gasteiger partial charge in [0.25, 0.3) is 0 Å². The molecule has 0 spiro atoms. The third kappa shape index (κ3) is 3.43. The van der Waals surface area contributed by atoms with E-state index in [2.05, 4.69) is 15.5 Å². The van der Waals surface area contributed by atoms with Gasteiger partial charge in [-0.1, -0.05) is 36.0 Å². The molecule has 0 aliphatic heterocycles. The Hall–Kier alpha value is -2.74. The van der Waals surface area contributed by atoms with Gasteiger partial charge in [0.1, 0.15) is 5.82 Å². The number of halogens is 1. The fourth-order valence-electron chi connectivity index (χ4n) is 2.12. The average molecular weight is 344 g/mol. The summed E-state index contributed by atoms with van der Waals surface area (Å²) in [5.74, 6) is -0.663. The molecule has 8 heteroatoms. The lowest BCUT2D eigenvalue weighted by Gasteiger charge is -2.08. The molecular formula is C16H13FN4O2S. The van der Waals surface area contributed by atoms with Crippen LogP contribution in [0.5, 0.6) is 0 Å². The number of esters is 1. The molecule has 2 aromatic carbocycles. The lowest BCUT2D eigenvalue weighted by atomic mass is 10.1. The number of thioether (sulfide) groups is 1. The molecule has 0 saturated heterocycles. The Kier molecular flexibility index (Phi) is 4.85. The van der Waals surface area contributed by atoms with Crippen molar-refractivity contribution in [3.63, 3.8) is 0 Å². The van der Waals surface area contributed by atoms with Gasteiger partial charge in [-0.2, -0.15) is 4.68 Å². The molecule has 6 nitrogen and oxygen atoms in total. The normalized spacial score (nSPS) is 10.6. The number of para-hydroxylation sites is 1. The Morgan fingerprint density at radius 2 is 2.04 bits per heavy atom. The zero-order chi connectivity index (χ0) is 16.9. The topological polar surface area (TPSA) is 69.9 Å². The maximum atomic E-state index is 13.4. The monoisotopic (exact) mass is 344 g/mol. The molecule has 3 rings (SSSR count). The Labute approximate surface area is 141 Å². The third-order valence-corrected chi connectivity index (χ3v) is 4.24. The highest BCUT2D eigenvalue weighted by Gasteiger charge is 2.15. The number of hydrogen-bond donors (Lipinski definition) is 0. The first kappa shape index (κ1) is 16.1. The van der Waals surface area contributed by atoms with Gasteiger partial charge >= 0.3 is 5.97 Å². The molecule has 3 aromatic rings. The first-order chi connectivity index (χ1) is 11.7. The summed E-state index contributed by atoms with van der Waals surface area (Å²) in [7, 11) is 1.26. The van der Waals surface area contributed by atoms with Gasteiger partial charge in [-0.3, -0.25) is 0 Å².